The van der Waals surface area contributed by atoms with Crippen LogP contribution in [-0.4, -0.2) is 0 Å². The van der Waals surface area contributed by atoms with Crippen molar-refractivity contribution < 1.29 is 52.8 Å². The SMILES string of the molecule is N=P(SP(=N)(c1ccccc1)c1ccccc1)(c1ccccc1)c1ccccc1.[H-].[K+]. The van der Waals surface area contributed by atoms with Crippen LogP contribution in [-0.2, 0) is 0 Å². The first-order valence-electron chi connectivity index (χ1n) is 9.35. The molecule has 0 aromatic heterocycles. The van der Waals surface area contributed by atoms with Crippen LogP contribution in [0.15, 0.2) is 121 Å². The Hall–Kier alpha value is -0.674. The van der Waals surface area contributed by atoms with Gasteiger partial charge in [0.25, 0.3) is 0 Å². The molecule has 0 heterocycles. The normalized spacial score (nSPS) is 11.5. The van der Waals surface area contributed by atoms with Gasteiger partial charge in [0, 0.05) is 21.2 Å². The van der Waals surface area contributed by atoms with E-state index in [2.05, 4.69) is 0 Å². The summed E-state index contributed by atoms with van der Waals surface area (Å²) in [5.74, 6) is 0. The van der Waals surface area contributed by atoms with E-state index in [-0.39, 0.29) is 52.8 Å². The predicted octanol–water partition coefficient (Wildman–Crippen LogP) is 3.53. The maximum atomic E-state index is 9.74. The molecule has 4 aromatic rings. The van der Waals surface area contributed by atoms with Crippen molar-refractivity contribution in [1.29, 1.82) is 10.3 Å². The number of benzene rings is 4. The van der Waals surface area contributed by atoms with Crippen LogP contribution in [0.5, 0.6) is 0 Å². The van der Waals surface area contributed by atoms with E-state index in [9.17, 15) is 10.3 Å². The van der Waals surface area contributed by atoms with E-state index in [0.29, 0.717) is 0 Å². The molecule has 146 valence electrons. The molecule has 0 atom stereocenters. The number of nitrogens with one attached hydrogen (secondary N) is 2. The zero-order chi connectivity index (χ0) is 20.2. The standard InChI is InChI=1S/C24H22N2P2S.K.H/c25-27(21-13-5-1-6-14-21,22-15-7-2-8-16-22)29-28(26,23-17-9-3-10-18-23)24-19-11-4-12-20-24;;/h1-20,25-26H;;/q;+1;-1. The first-order chi connectivity index (χ1) is 14.1. The van der Waals surface area contributed by atoms with Crippen molar-refractivity contribution in [3.63, 3.8) is 0 Å². The number of hydrogen-bond acceptors (Lipinski definition) is 3. The summed E-state index contributed by atoms with van der Waals surface area (Å²) >= 11 is 1.56. The van der Waals surface area contributed by atoms with Gasteiger partial charge < -0.3 is 1.43 Å². The van der Waals surface area contributed by atoms with Crippen LogP contribution < -0.4 is 72.6 Å². The van der Waals surface area contributed by atoms with E-state index in [1.807, 2.05) is 121 Å². The number of rotatable bonds is 6. The second-order valence-electron chi connectivity index (χ2n) is 6.64. The molecule has 2 nitrogen and oxygen atoms in total. The molecule has 6 heteroatoms. The summed E-state index contributed by atoms with van der Waals surface area (Å²) < 4.78 is 0. The van der Waals surface area contributed by atoms with E-state index in [0.717, 1.165) is 21.2 Å². The third-order valence-electron chi connectivity index (χ3n) is 4.72. The summed E-state index contributed by atoms with van der Waals surface area (Å²) in [6.45, 7) is 0. The molecule has 0 fully saturated rings. The molecule has 0 unspecified atom stereocenters. The molecule has 0 amide bonds. The Balaban J connectivity index is 0.00000171. The second kappa shape index (κ2) is 10.8. The average molecular weight is 473 g/mol. The van der Waals surface area contributed by atoms with Crippen LogP contribution in [0.25, 0.3) is 0 Å². The van der Waals surface area contributed by atoms with E-state index in [4.69, 9.17) is 0 Å². The molecule has 4 aromatic carbocycles. The van der Waals surface area contributed by atoms with Crippen LogP contribution in [0.2, 0.25) is 0 Å². The minimum atomic E-state index is -2.60. The maximum Gasteiger partial charge on any atom is 1.00 e. The van der Waals surface area contributed by atoms with Gasteiger partial charge in [0.1, 0.15) is 0 Å². The molecule has 0 radical (unpaired) electrons. The zero-order valence-electron chi connectivity index (χ0n) is 17.8. The monoisotopic (exact) mass is 472 g/mol. The molecule has 0 saturated heterocycles. The van der Waals surface area contributed by atoms with Crippen LogP contribution in [0.3, 0.4) is 0 Å². The fourth-order valence-electron chi connectivity index (χ4n) is 3.22. The molecule has 0 spiro atoms. The third kappa shape index (κ3) is 5.04. The Labute approximate surface area is 226 Å². The summed E-state index contributed by atoms with van der Waals surface area (Å²) in [5.41, 5.74) is 0. The fraction of sp³-hybridized carbons (Fsp3) is 0. The van der Waals surface area contributed by atoms with Crippen molar-refractivity contribution in [1.82, 2.24) is 0 Å². The smallest absolute Gasteiger partial charge is 1.00 e. The predicted molar refractivity (Wildman–Crippen MR) is 132 cm³/mol. The summed E-state index contributed by atoms with van der Waals surface area (Å²) in [4.78, 5) is 0. The Morgan fingerprint density at radius 3 is 0.833 bits per heavy atom. The molecule has 4 rings (SSSR count). The van der Waals surface area contributed by atoms with Gasteiger partial charge >= 0.3 is 51.4 Å². The van der Waals surface area contributed by atoms with Gasteiger partial charge in [-0.15, -0.1) is 0 Å². The minimum Gasteiger partial charge on any atom is -1.00 e. The molecule has 0 aliphatic carbocycles. The Bertz CT molecular complexity index is 995. The Kier molecular flexibility index (Phi) is 8.60. The van der Waals surface area contributed by atoms with Crippen LogP contribution in [0.1, 0.15) is 1.43 Å². The van der Waals surface area contributed by atoms with Crippen molar-refractivity contribution in [2.45, 2.75) is 0 Å². The van der Waals surface area contributed by atoms with Crippen LogP contribution >= 0.6 is 23.5 Å². The molecule has 0 bridgehead atoms. The summed E-state index contributed by atoms with van der Waals surface area (Å²) in [7, 11) is 0. The van der Waals surface area contributed by atoms with Crippen molar-refractivity contribution in [3.05, 3.63) is 121 Å². The van der Waals surface area contributed by atoms with Crippen molar-refractivity contribution >= 4 is 44.7 Å². The minimum absolute atomic E-state index is 0. The van der Waals surface area contributed by atoms with Gasteiger partial charge in [-0.1, -0.05) is 132 Å². The quantitative estimate of drug-likeness (QED) is 0.327. The maximum absolute atomic E-state index is 9.74. The first kappa shape index (κ1) is 24.0. The van der Waals surface area contributed by atoms with E-state index in [1.54, 1.807) is 11.0 Å². The van der Waals surface area contributed by atoms with Crippen molar-refractivity contribution in [2.75, 3.05) is 0 Å². The van der Waals surface area contributed by atoms with Crippen molar-refractivity contribution in [3.8, 4) is 0 Å². The third-order valence-corrected chi connectivity index (χ3v) is 17.7. The van der Waals surface area contributed by atoms with Gasteiger partial charge in [-0.05, 0) is 0 Å². The molecular formula is C24H23KN2P2S. The molecule has 30 heavy (non-hydrogen) atoms. The molecule has 0 aliphatic rings. The van der Waals surface area contributed by atoms with Gasteiger partial charge in [-0.2, -0.15) is 0 Å². The Morgan fingerprint density at radius 2 is 0.633 bits per heavy atom. The van der Waals surface area contributed by atoms with Crippen molar-refractivity contribution in [2.24, 2.45) is 0 Å². The summed E-state index contributed by atoms with van der Waals surface area (Å²) in [5, 5.41) is 23.5. The summed E-state index contributed by atoms with van der Waals surface area (Å²) in [6, 6.07) is 40.3. The van der Waals surface area contributed by atoms with E-state index >= 15 is 0 Å². The van der Waals surface area contributed by atoms with E-state index < -0.39 is 12.5 Å². The largest absolute Gasteiger partial charge is 1.00 e. The van der Waals surface area contributed by atoms with E-state index in [1.165, 1.54) is 0 Å². The Morgan fingerprint density at radius 1 is 0.433 bits per heavy atom. The van der Waals surface area contributed by atoms with Gasteiger partial charge in [-0.3, -0.25) is 10.3 Å². The van der Waals surface area contributed by atoms with Gasteiger partial charge in [0.05, 0.1) is 12.5 Å². The molecular weight excluding hydrogens is 449 g/mol. The second-order valence-corrected chi connectivity index (χ2v) is 16.6. The van der Waals surface area contributed by atoms with Gasteiger partial charge in [0.2, 0.25) is 0 Å². The first-order valence-corrected chi connectivity index (χ1v) is 15.0. The topological polar surface area (TPSA) is 47.7 Å². The summed E-state index contributed by atoms with van der Waals surface area (Å²) in [6.07, 6.45) is -5.20. The number of hydrogen-bond donors (Lipinski definition) is 2. The van der Waals surface area contributed by atoms with Crippen LogP contribution in [0.4, 0.5) is 0 Å². The van der Waals surface area contributed by atoms with Crippen LogP contribution in [0, 0.1) is 10.3 Å². The zero-order valence-corrected chi connectivity index (χ0v) is 22.6. The molecule has 0 aliphatic heterocycles. The fourth-order valence-corrected chi connectivity index (χ4v) is 17.3. The molecule has 0 saturated carbocycles. The average Bonchev–Trinajstić information content (AvgIpc) is 2.81. The van der Waals surface area contributed by atoms with Gasteiger partial charge in [-0.25, -0.2) is 0 Å². The van der Waals surface area contributed by atoms with Gasteiger partial charge in [0.15, 0.2) is 0 Å². The molecule has 2 N–H and O–H groups in total.